The van der Waals surface area contributed by atoms with Crippen molar-refractivity contribution in [3.05, 3.63) is 82.4 Å². The summed E-state index contributed by atoms with van der Waals surface area (Å²) in [5.41, 5.74) is 5.57. The largest absolute Gasteiger partial charge is 0.322 e. The van der Waals surface area contributed by atoms with Crippen molar-refractivity contribution in [1.82, 2.24) is 0 Å². The van der Waals surface area contributed by atoms with E-state index in [2.05, 4.69) is 17.4 Å². The fourth-order valence-electron chi connectivity index (χ4n) is 3.33. The summed E-state index contributed by atoms with van der Waals surface area (Å²) >= 11 is 6.11. The molecule has 0 unspecified atom stereocenters. The molecule has 3 aromatic rings. The van der Waals surface area contributed by atoms with Gasteiger partial charge < -0.3 is 5.32 Å². The van der Waals surface area contributed by atoms with Crippen LogP contribution < -0.4 is 5.32 Å². The molecule has 1 aliphatic rings. The Balaban J connectivity index is 1.63. The summed E-state index contributed by atoms with van der Waals surface area (Å²) in [6, 6.07) is 18.1. The van der Waals surface area contributed by atoms with E-state index in [1.165, 1.54) is 34.9 Å². The first-order valence-electron chi connectivity index (χ1n) is 8.35. The minimum absolute atomic E-state index is 0.0569. The van der Waals surface area contributed by atoms with E-state index in [0.717, 1.165) is 18.2 Å². The minimum Gasteiger partial charge on any atom is -0.322 e. The molecule has 3 aromatic carbocycles. The zero-order valence-electron chi connectivity index (χ0n) is 14.5. The van der Waals surface area contributed by atoms with Crippen LogP contribution in [0.2, 0.25) is 5.02 Å². The summed E-state index contributed by atoms with van der Waals surface area (Å²) in [5, 5.41) is 3.02. The summed E-state index contributed by atoms with van der Waals surface area (Å²) in [6.07, 6.45) is 1.91. The van der Waals surface area contributed by atoms with E-state index >= 15 is 0 Å². The molecule has 0 fully saturated rings. The molecule has 0 saturated heterocycles. The molecule has 0 aliphatic heterocycles. The summed E-state index contributed by atoms with van der Waals surface area (Å²) in [5.74, 6) is -0.444. The van der Waals surface area contributed by atoms with Crippen LogP contribution in [0.3, 0.4) is 0 Å². The molecule has 4 nitrogen and oxygen atoms in total. The van der Waals surface area contributed by atoms with Crippen LogP contribution in [-0.4, -0.2) is 20.6 Å². The maximum Gasteiger partial charge on any atom is 0.257 e. The van der Waals surface area contributed by atoms with Gasteiger partial charge in [0.05, 0.1) is 15.5 Å². The molecule has 0 atom stereocenters. The van der Waals surface area contributed by atoms with Gasteiger partial charge in [-0.3, -0.25) is 4.79 Å². The van der Waals surface area contributed by atoms with Crippen LogP contribution in [0, 0.1) is 0 Å². The fraction of sp³-hybridized carbons (Fsp3) is 0.0952. The first kappa shape index (κ1) is 17.8. The minimum atomic E-state index is -3.43. The monoisotopic (exact) mass is 397 g/mol. The number of anilines is 1. The molecular formula is C21H16ClNO3S. The molecule has 0 radical (unpaired) electrons. The van der Waals surface area contributed by atoms with Gasteiger partial charge in [-0.05, 0) is 59.0 Å². The highest BCUT2D eigenvalue weighted by molar-refractivity contribution is 7.90. The number of halogens is 1. The Morgan fingerprint density at radius 3 is 2.48 bits per heavy atom. The van der Waals surface area contributed by atoms with Crippen molar-refractivity contribution in [2.45, 2.75) is 11.3 Å². The second-order valence-electron chi connectivity index (χ2n) is 6.57. The number of hydrogen-bond acceptors (Lipinski definition) is 3. The zero-order chi connectivity index (χ0) is 19.2. The summed E-state index contributed by atoms with van der Waals surface area (Å²) in [7, 11) is -3.43. The normalized spacial score (nSPS) is 12.4. The highest BCUT2D eigenvalue weighted by Gasteiger charge is 2.19. The van der Waals surface area contributed by atoms with Gasteiger partial charge in [-0.25, -0.2) is 8.42 Å². The average molecular weight is 398 g/mol. The standard InChI is InChI=1S/C21H16ClNO3S/c1-27(25,26)16-7-9-20(22)19(12-16)21(24)23-15-6-8-18-14(11-15)10-13-4-2-3-5-17(13)18/h2-9,11-12H,10H2,1H3,(H,23,24). The molecular weight excluding hydrogens is 382 g/mol. The lowest BCUT2D eigenvalue weighted by molar-refractivity contribution is 0.102. The summed E-state index contributed by atoms with van der Waals surface area (Å²) < 4.78 is 23.5. The third kappa shape index (κ3) is 3.36. The van der Waals surface area contributed by atoms with Gasteiger partial charge in [0, 0.05) is 11.9 Å². The van der Waals surface area contributed by atoms with Gasteiger partial charge in [0.1, 0.15) is 0 Å². The van der Waals surface area contributed by atoms with Crippen LogP contribution in [-0.2, 0) is 16.3 Å². The predicted molar refractivity (Wildman–Crippen MR) is 107 cm³/mol. The SMILES string of the molecule is CS(=O)(=O)c1ccc(Cl)c(C(=O)Nc2ccc3c(c2)Cc2ccccc2-3)c1. The van der Waals surface area contributed by atoms with Gasteiger partial charge in [-0.2, -0.15) is 0 Å². The second kappa shape index (κ2) is 6.51. The lowest BCUT2D eigenvalue weighted by atomic mass is 10.1. The van der Waals surface area contributed by atoms with E-state index in [9.17, 15) is 13.2 Å². The molecule has 0 heterocycles. The molecule has 1 aliphatic carbocycles. The molecule has 27 heavy (non-hydrogen) atoms. The summed E-state index contributed by atoms with van der Waals surface area (Å²) in [6.45, 7) is 0. The Hall–Kier alpha value is -2.63. The van der Waals surface area contributed by atoms with E-state index in [1.807, 2.05) is 30.3 Å². The fourth-order valence-corrected chi connectivity index (χ4v) is 4.18. The van der Waals surface area contributed by atoms with Gasteiger partial charge >= 0.3 is 0 Å². The van der Waals surface area contributed by atoms with Gasteiger partial charge in [-0.1, -0.05) is 41.9 Å². The van der Waals surface area contributed by atoms with Crippen LogP contribution in [0.15, 0.2) is 65.6 Å². The number of benzene rings is 3. The number of nitrogens with one attached hydrogen (secondary N) is 1. The van der Waals surface area contributed by atoms with E-state index in [0.29, 0.717) is 5.69 Å². The van der Waals surface area contributed by atoms with Crippen LogP contribution in [0.5, 0.6) is 0 Å². The Labute approximate surface area is 162 Å². The highest BCUT2D eigenvalue weighted by Crippen LogP contribution is 2.37. The quantitative estimate of drug-likeness (QED) is 0.551. The van der Waals surface area contributed by atoms with Crippen molar-refractivity contribution in [3.63, 3.8) is 0 Å². The van der Waals surface area contributed by atoms with Crippen molar-refractivity contribution in [1.29, 1.82) is 0 Å². The topological polar surface area (TPSA) is 63.2 Å². The number of rotatable bonds is 3. The van der Waals surface area contributed by atoms with Crippen molar-refractivity contribution >= 4 is 33.0 Å². The van der Waals surface area contributed by atoms with Crippen LogP contribution in [0.4, 0.5) is 5.69 Å². The van der Waals surface area contributed by atoms with Gasteiger partial charge in [0.15, 0.2) is 9.84 Å². The molecule has 4 rings (SSSR count). The molecule has 0 aromatic heterocycles. The van der Waals surface area contributed by atoms with E-state index < -0.39 is 15.7 Å². The van der Waals surface area contributed by atoms with Crippen LogP contribution in [0.1, 0.15) is 21.5 Å². The van der Waals surface area contributed by atoms with E-state index in [1.54, 1.807) is 0 Å². The number of fused-ring (bicyclic) bond motifs is 3. The lowest BCUT2D eigenvalue weighted by Gasteiger charge is -2.10. The van der Waals surface area contributed by atoms with Gasteiger partial charge in [0.2, 0.25) is 0 Å². The molecule has 1 amide bonds. The van der Waals surface area contributed by atoms with Crippen molar-refractivity contribution in [2.75, 3.05) is 11.6 Å². The first-order valence-corrected chi connectivity index (χ1v) is 10.6. The molecule has 136 valence electrons. The second-order valence-corrected chi connectivity index (χ2v) is 9.00. The first-order chi connectivity index (χ1) is 12.8. The van der Waals surface area contributed by atoms with Gasteiger partial charge in [0.25, 0.3) is 5.91 Å². The van der Waals surface area contributed by atoms with E-state index in [4.69, 9.17) is 11.6 Å². The number of sulfone groups is 1. The van der Waals surface area contributed by atoms with Gasteiger partial charge in [-0.15, -0.1) is 0 Å². The van der Waals surface area contributed by atoms with E-state index in [-0.39, 0.29) is 15.5 Å². The molecule has 1 N–H and O–H groups in total. The zero-order valence-corrected chi connectivity index (χ0v) is 16.1. The average Bonchev–Trinajstić information content (AvgIpc) is 2.98. The smallest absolute Gasteiger partial charge is 0.257 e. The third-order valence-electron chi connectivity index (χ3n) is 4.66. The van der Waals surface area contributed by atoms with Crippen LogP contribution in [0.25, 0.3) is 11.1 Å². The predicted octanol–water partition coefficient (Wildman–Crippen LogP) is 4.57. The Morgan fingerprint density at radius 2 is 1.70 bits per heavy atom. The van der Waals surface area contributed by atoms with Crippen molar-refractivity contribution in [3.8, 4) is 11.1 Å². The van der Waals surface area contributed by atoms with Crippen LogP contribution >= 0.6 is 11.6 Å². The number of amides is 1. The highest BCUT2D eigenvalue weighted by atomic mass is 35.5. The lowest BCUT2D eigenvalue weighted by Crippen LogP contribution is -2.13. The molecule has 0 bridgehead atoms. The Kier molecular flexibility index (Phi) is 4.29. The van der Waals surface area contributed by atoms with Crippen molar-refractivity contribution in [2.24, 2.45) is 0 Å². The molecule has 0 saturated carbocycles. The van der Waals surface area contributed by atoms with Crippen molar-refractivity contribution < 1.29 is 13.2 Å². The Bertz CT molecular complexity index is 1190. The molecule has 0 spiro atoms. The summed E-state index contributed by atoms with van der Waals surface area (Å²) in [4.78, 5) is 12.7. The Morgan fingerprint density at radius 1 is 0.963 bits per heavy atom. The third-order valence-corrected chi connectivity index (χ3v) is 6.10. The molecule has 6 heteroatoms. The number of carbonyl (C=O) groups is 1. The maximum atomic E-state index is 12.6. The number of carbonyl (C=O) groups excluding carboxylic acids is 1. The maximum absolute atomic E-state index is 12.6. The number of hydrogen-bond donors (Lipinski definition) is 1.